The van der Waals surface area contributed by atoms with Crippen molar-refractivity contribution in [3.8, 4) is 17.2 Å². The number of benzene rings is 4. The fraction of sp³-hybridized carbons (Fsp3) is 0.125. The monoisotopic (exact) mass is 522 g/mol. The molecule has 0 aliphatic rings. The van der Waals surface area contributed by atoms with Gasteiger partial charge in [0, 0.05) is 29.9 Å². The van der Waals surface area contributed by atoms with E-state index in [-0.39, 0.29) is 11.4 Å². The molecule has 0 radical (unpaired) electrons. The number of nitrogens with zero attached hydrogens (tertiary/aromatic N) is 2. The molecule has 4 aromatic carbocycles. The average Bonchev–Trinajstić information content (AvgIpc) is 3.33. The molecule has 1 aromatic heterocycles. The van der Waals surface area contributed by atoms with E-state index in [9.17, 15) is 14.3 Å². The van der Waals surface area contributed by atoms with E-state index < -0.39 is 5.97 Å². The van der Waals surface area contributed by atoms with E-state index in [1.807, 2.05) is 66.4 Å². The molecule has 0 aliphatic carbocycles. The first-order valence-corrected chi connectivity index (χ1v) is 12.6. The van der Waals surface area contributed by atoms with Crippen LogP contribution >= 0.6 is 0 Å². The first kappa shape index (κ1) is 25.7. The van der Waals surface area contributed by atoms with Crippen molar-refractivity contribution in [1.29, 1.82) is 0 Å². The molecule has 0 atom stereocenters. The van der Waals surface area contributed by atoms with E-state index >= 15 is 0 Å². The molecule has 0 saturated carbocycles. The van der Waals surface area contributed by atoms with Gasteiger partial charge in [-0.25, -0.2) is 14.2 Å². The zero-order valence-electron chi connectivity index (χ0n) is 21.4. The van der Waals surface area contributed by atoms with Crippen LogP contribution in [0.1, 0.15) is 27.4 Å². The van der Waals surface area contributed by atoms with E-state index in [0.717, 1.165) is 28.4 Å². The number of aromatic nitrogens is 1. The van der Waals surface area contributed by atoms with Crippen LogP contribution < -0.4 is 9.64 Å². The molecule has 39 heavy (non-hydrogen) atoms. The van der Waals surface area contributed by atoms with Gasteiger partial charge >= 0.3 is 5.97 Å². The van der Waals surface area contributed by atoms with Crippen molar-refractivity contribution in [3.05, 3.63) is 132 Å². The Kier molecular flexibility index (Phi) is 7.68. The molecule has 6 nitrogen and oxygen atoms in total. The molecular formula is C32H27FN2O4. The number of aryl methyl sites for hydroxylation is 1. The Bertz CT molecular complexity index is 1550. The number of oxazole rings is 1. The Morgan fingerprint density at radius 2 is 1.54 bits per heavy atom. The largest absolute Gasteiger partial charge is 0.493 e. The lowest BCUT2D eigenvalue weighted by atomic mass is 10.1. The average molecular weight is 523 g/mol. The number of carbonyl (C=O) groups is 1. The summed E-state index contributed by atoms with van der Waals surface area (Å²) in [5.74, 6) is 0.716. The second-order valence-corrected chi connectivity index (χ2v) is 9.01. The normalized spacial score (nSPS) is 10.8. The summed E-state index contributed by atoms with van der Waals surface area (Å²) >= 11 is 0. The van der Waals surface area contributed by atoms with E-state index in [2.05, 4.69) is 4.98 Å². The van der Waals surface area contributed by atoms with Crippen LogP contribution in [0.2, 0.25) is 0 Å². The number of anilines is 2. The number of carboxylic acids is 1. The summed E-state index contributed by atoms with van der Waals surface area (Å²) in [6.07, 6.45) is 0.595. The molecule has 1 N–H and O–H groups in total. The Labute approximate surface area is 225 Å². The van der Waals surface area contributed by atoms with Crippen molar-refractivity contribution in [2.75, 3.05) is 11.5 Å². The smallest absolute Gasteiger partial charge is 0.336 e. The van der Waals surface area contributed by atoms with Gasteiger partial charge in [-0.3, -0.25) is 0 Å². The fourth-order valence-corrected chi connectivity index (χ4v) is 4.34. The van der Waals surface area contributed by atoms with Gasteiger partial charge in [-0.1, -0.05) is 36.4 Å². The molecule has 0 bridgehead atoms. The summed E-state index contributed by atoms with van der Waals surface area (Å²) in [4.78, 5) is 18.3. The summed E-state index contributed by atoms with van der Waals surface area (Å²) in [5.41, 5.74) is 4.20. The summed E-state index contributed by atoms with van der Waals surface area (Å²) < 4.78 is 25.4. The molecule has 0 amide bonds. The topological polar surface area (TPSA) is 75.8 Å². The van der Waals surface area contributed by atoms with Crippen molar-refractivity contribution in [2.45, 2.75) is 19.9 Å². The number of hydrogen-bond acceptors (Lipinski definition) is 5. The van der Waals surface area contributed by atoms with E-state index in [1.165, 1.54) is 12.1 Å². The highest BCUT2D eigenvalue weighted by Gasteiger charge is 2.16. The fourth-order valence-electron chi connectivity index (χ4n) is 4.34. The highest BCUT2D eigenvalue weighted by Crippen LogP contribution is 2.30. The third-order valence-corrected chi connectivity index (χ3v) is 6.38. The van der Waals surface area contributed by atoms with Crippen LogP contribution in [0.25, 0.3) is 11.5 Å². The standard InChI is InChI=1S/C32H27FN2O4/c1-22-30(34-31(39-22)23-7-3-2-4-8-23)19-20-38-28-17-15-27(16-18-28)35(26-13-11-25(33)12-14-26)21-24-9-5-6-10-29(24)32(36)37/h2-18H,19-21H2,1H3,(H,36,37). The maximum absolute atomic E-state index is 13.6. The van der Waals surface area contributed by atoms with Crippen LogP contribution in [0.5, 0.6) is 5.75 Å². The van der Waals surface area contributed by atoms with Crippen LogP contribution in [-0.2, 0) is 13.0 Å². The Morgan fingerprint density at radius 3 is 2.23 bits per heavy atom. The summed E-state index contributed by atoms with van der Waals surface area (Å²) in [7, 11) is 0. The van der Waals surface area contributed by atoms with Crippen LogP contribution in [0.3, 0.4) is 0 Å². The molecule has 0 fully saturated rings. The molecular weight excluding hydrogens is 495 g/mol. The van der Waals surface area contributed by atoms with Gasteiger partial charge in [0.2, 0.25) is 5.89 Å². The first-order chi connectivity index (χ1) is 19.0. The molecule has 5 aromatic rings. The SMILES string of the molecule is Cc1oc(-c2ccccc2)nc1CCOc1ccc(N(Cc2ccccc2C(=O)O)c2ccc(F)cc2)cc1. The summed E-state index contributed by atoms with van der Waals surface area (Å²) in [6, 6.07) is 30.3. The molecule has 0 saturated heterocycles. The van der Waals surface area contributed by atoms with Crippen molar-refractivity contribution < 1.29 is 23.4 Å². The van der Waals surface area contributed by atoms with Gasteiger partial charge in [-0.05, 0) is 79.2 Å². The number of aromatic carboxylic acids is 1. The second-order valence-electron chi connectivity index (χ2n) is 9.01. The molecule has 5 rings (SSSR count). The van der Waals surface area contributed by atoms with Gasteiger partial charge in [0.25, 0.3) is 0 Å². The lowest BCUT2D eigenvalue weighted by Crippen LogP contribution is -2.18. The van der Waals surface area contributed by atoms with Crippen LogP contribution in [0, 0.1) is 12.7 Å². The summed E-state index contributed by atoms with van der Waals surface area (Å²) in [5, 5.41) is 9.64. The number of hydrogen-bond donors (Lipinski definition) is 1. The minimum Gasteiger partial charge on any atom is -0.493 e. The third-order valence-electron chi connectivity index (χ3n) is 6.38. The first-order valence-electron chi connectivity index (χ1n) is 12.6. The Morgan fingerprint density at radius 1 is 0.897 bits per heavy atom. The quantitative estimate of drug-likeness (QED) is 0.205. The number of halogens is 1. The van der Waals surface area contributed by atoms with Crippen LogP contribution in [0.15, 0.2) is 108 Å². The van der Waals surface area contributed by atoms with Gasteiger partial charge in [0.05, 0.1) is 17.9 Å². The van der Waals surface area contributed by atoms with Gasteiger partial charge in [0.15, 0.2) is 0 Å². The Hall–Kier alpha value is -4.91. The highest BCUT2D eigenvalue weighted by atomic mass is 19.1. The molecule has 196 valence electrons. The van der Waals surface area contributed by atoms with E-state index in [1.54, 1.807) is 36.4 Å². The molecule has 0 unspecified atom stereocenters. The van der Waals surface area contributed by atoms with Gasteiger partial charge in [-0.2, -0.15) is 0 Å². The van der Waals surface area contributed by atoms with E-state index in [4.69, 9.17) is 9.15 Å². The predicted octanol–water partition coefficient (Wildman–Crippen LogP) is 7.45. The van der Waals surface area contributed by atoms with Crippen LogP contribution in [0.4, 0.5) is 15.8 Å². The van der Waals surface area contributed by atoms with Gasteiger partial charge < -0.3 is 19.2 Å². The van der Waals surface area contributed by atoms with Crippen molar-refractivity contribution >= 4 is 17.3 Å². The Balaban J connectivity index is 1.30. The lowest BCUT2D eigenvalue weighted by Gasteiger charge is -2.26. The lowest BCUT2D eigenvalue weighted by molar-refractivity contribution is 0.0695. The van der Waals surface area contributed by atoms with Gasteiger partial charge in [-0.15, -0.1) is 0 Å². The minimum atomic E-state index is -0.994. The minimum absolute atomic E-state index is 0.225. The highest BCUT2D eigenvalue weighted by molar-refractivity contribution is 5.89. The van der Waals surface area contributed by atoms with Crippen molar-refractivity contribution in [3.63, 3.8) is 0 Å². The molecule has 1 heterocycles. The number of rotatable bonds is 10. The maximum Gasteiger partial charge on any atom is 0.336 e. The van der Waals surface area contributed by atoms with E-state index in [0.29, 0.717) is 36.8 Å². The summed E-state index contributed by atoms with van der Waals surface area (Å²) in [6.45, 7) is 2.62. The van der Waals surface area contributed by atoms with Crippen molar-refractivity contribution in [1.82, 2.24) is 4.98 Å². The number of ether oxygens (including phenoxy) is 1. The van der Waals surface area contributed by atoms with Gasteiger partial charge in [0.1, 0.15) is 17.3 Å². The maximum atomic E-state index is 13.6. The zero-order valence-corrected chi connectivity index (χ0v) is 21.4. The molecule has 0 spiro atoms. The van der Waals surface area contributed by atoms with Crippen molar-refractivity contribution in [2.24, 2.45) is 0 Å². The predicted molar refractivity (Wildman–Crippen MR) is 148 cm³/mol. The number of carboxylic acid groups (broad SMARTS) is 1. The van der Waals surface area contributed by atoms with Crippen LogP contribution in [-0.4, -0.2) is 22.7 Å². The second kappa shape index (κ2) is 11.6. The zero-order chi connectivity index (χ0) is 27.2. The molecule has 7 heteroatoms. The molecule has 0 aliphatic heterocycles. The third kappa shape index (κ3) is 6.15.